The second-order valence-electron chi connectivity index (χ2n) is 6.57. The van der Waals surface area contributed by atoms with Crippen LogP contribution in [0.3, 0.4) is 0 Å². The van der Waals surface area contributed by atoms with Crippen molar-refractivity contribution in [2.75, 3.05) is 5.32 Å². The van der Waals surface area contributed by atoms with E-state index in [0.717, 1.165) is 32.6 Å². The van der Waals surface area contributed by atoms with Crippen molar-refractivity contribution in [1.82, 2.24) is 4.98 Å². The zero-order valence-corrected chi connectivity index (χ0v) is 16.7. The van der Waals surface area contributed by atoms with Crippen LogP contribution in [0.15, 0.2) is 84.0 Å². The number of aromatic carboxylic acids is 1. The summed E-state index contributed by atoms with van der Waals surface area (Å²) in [7, 11) is 0. The highest BCUT2D eigenvalue weighted by molar-refractivity contribution is 7.98. The number of rotatable bonds is 6. The minimum atomic E-state index is -0.927. The Kier molecular flexibility index (Phi) is 5.64. The van der Waals surface area contributed by atoms with Gasteiger partial charge in [-0.1, -0.05) is 42.5 Å². The second-order valence-corrected chi connectivity index (χ2v) is 7.58. The fourth-order valence-electron chi connectivity index (χ4n) is 3.26. The molecule has 0 amide bonds. The molecule has 1 heterocycles. The Labute approximate surface area is 178 Å². The summed E-state index contributed by atoms with van der Waals surface area (Å²) in [5.41, 5.74) is 3.41. The normalized spacial score (nSPS) is 10.5. The van der Waals surface area contributed by atoms with Crippen LogP contribution in [-0.4, -0.2) is 16.1 Å². The molecule has 0 saturated heterocycles. The summed E-state index contributed by atoms with van der Waals surface area (Å²) in [5, 5.41) is 24.0. The number of anilines is 2. The van der Waals surface area contributed by atoms with Gasteiger partial charge in [-0.3, -0.25) is 4.98 Å². The van der Waals surface area contributed by atoms with Crippen molar-refractivity contribution >= 4 is 39.9 Å². The molecule has 1 aromatic heterocycles. The van der Waals surface area contributed by atoms with Crippen molar-refractivity contribution < 1.29 is 9.90 Å². The monoisotopic (exact) mass is 411 g/mol. The number of benzene rings is 3. The SMILES string of the molecule is N#Cc1ccc(Nc2cnccc2SCc2ccccc2C(=O)O)c2ccccc12. The maximum Gasteiger partial charge on any atom is 0.335 e. The molecule has 0 fully saturated rings. The van der Waals surface area contributed by atoms with Gasteiger partial charge in [-0.05, 0) is 29.8 Å². The Morgan fingerprint density at radius 2 is 1.77 bits per heavy atom. The molecule has 4 rings (SSSR count). The molecule has 2 N–H and O–H groups in total. The van der Waals surface area contributed by atoms with Crippen LogP contribution in [0.1, 0.15) is 21.5 Å². The molecule has 0 aliphatic rings. The lowest BCUT2D eigenvalue weighted by atomic mass is 10.0. The Morgan fingerprint density at radius 3 is 2.57 bits per heavy atom. The van der Waals surface area contributed by atoms with E-state index in [9.17, 15) is 15.2 Å². The van der Waals surface area contributed by atoms with Crippen molar-refractivity contribution in [1.29, 1.82) is 5.26 Å². The number of nitrogens with one attached hydrogen (secondary N) is 1. The van der Waals surface area contributed by atoms with Crippen LogP contribution in [0.4, 0.5) is 11.4 Å². The highest BCUT2D eigenvalue weighted by Crippen LogP contribution is 2.34. The fraction of sp³-hybridized carbons (Fsp3) is 0.0417. The van der Waals surface area contributed by atoms with Crippen LogP contribution in [0.2, 0.25) is 0 Å². The van der Waals surface area contributed by atoms with E-state index in [1.807, 2.05) is 48.5 Å². The maximum absolute atomic E-state index is 11.5. The lowest BCUT2D eigenvalue weighted by Gasteiger charge is -2.14. The van der Waals surface area contributed by atoms with Crippen LogP contribution in [0, 0.1) is 11.3 Å². The predicted molar refractivity (Wildman–Crippen MR) is 119 cm³/mol. The Hall–Kier alpha value is -3.82. The molecule has 0 aliphatic carbocycles. The highest BCUT2D eigenvalue weighted by Gasteiger charge is 2.12. The first-order valence-electron chi connectivity index (χ1n) is 9.24. The van der Waals surface area contributed by atoms with Crippen molar-refractivity contribution in [3.8, 4) is 6.07 Å². The van der Waals surface area contributed by atoms with Gasteiger partial charge in [0.15, 0.2) is 0 Å². The number of carboxylic acids is 1. The summed E-state index contributed by atoms with van der Waals surface area (Å²) in [6, 6.07) is 22.6. The number of nitriles is 1. The van der Waals surface area contributed by atoms with E-state index in [2.05, 4.69) is 16.4 Å². The Bertz CT molecular complexity index is 1280. The average Bonchev–Trinajstić information content (AvgIpc) is 2.79. The first-order chi connectivity index (χ1) is 14.7. The van der Waals surface area contributed by atoms with Gasteiger partial charge in [0.2, 0.25) is 0 Å². The minimum absolute atomic E-state index is 0.312. The molecular formula is C24H17N3O2S. The van der Waals surface area contributed by atoms with Gasteiger partial charge in [-0.25, -0.2) is 4.79 Å². The lowest BCUT2D eigenvalue weighted by molar-refractivity contribution is 0.0696. The molecule has 146 valence electrons. The van der Waals surface area contributed by atoms with E-state index in [1.165, 1.54) is 0 Å². The van der Waals surface area contributed by atoms with Crippen molar-refractivity contribution in [3.05, 3.63) is 95.8 Å². The molecule has 0 saturated carbocycles. The Morgan fingerprint density at radius 1 is 1.00 bits per heavy atom. The molecule has 30 heavy (non-hydrogen) atoms. The number of carbonyl (C=O) groups is 1. The topological polar surface area (TPSA) is 86.0 Å². The van der Waals surface area contributed by atoms with Crippen molar-refractivity contribution in [2.45, 2.75) is 10.6 Å². The summed E-state index contributed by atoms with van der Waals surface area (Å²) >= 11 is 1.55. The number of pyridine rings is 1. The van der Waals surface area contributed by atoms with Gasteiger partial charge in [0.05, 0.1) is 29.1 Å². The molecule has 5 nitrogen and oxygen atoms in total. The van der Waals surface area contributed by atoms with E-state index >= 15 is 0 Å². The van der Waals surface area contributed by atoms with Crippen LogP contribution in [0.5, 0.6) is 0 Å². The van der Waals surface area contributed by atoms with Gasteiger partial charge in [-0.2, -0.15) is 5.26 Å². The lowest BCUT2D eigenvalue weighted by Crippen LogP contribution is -2.01. The van der Waals surface area contributed by atoms with Gasteiger partial charge >= 0.3 is 5.97 Å². The number of thioether (sulfide) groups is 1. The summed E-state index contributed by atoms with van der Waals surface area (Å²) in [6.07, 6.45) is 3.46. The van der Waals surface area contributed by atoms with E-state index < -0.39 is 5.97 Å². The number of aromatic nitrogens is 1. The average molecular weight is 411 g/mol. The maximum atomic E-state index is 11.5. The van der Waals surface area contributed by atoms with Gasteiger partial charge in [0, 0.05) is 33.3 Å². The third kappa shape index (κ3) is 3.97. The van der Waals surface area contributed by atoms with Gasteiger partial charge in [0.25, 0.3) is 0 Å². The number of hydrogen-bond donors (Lipinski definition) is 2. The molecule has 0 aliphatic heterocycles. The van der Waals surface area contributed by atoms with E-state index in [0.29, 0.717) is 16.9 Å². The summed E-state index contributed by atoms with van der Waals surface area (Å²) < 4.78 is 0. The van der Waals surface area contributed by atoms with Gasteiger partial charge < -0.3 is 10.4 Å². The summed E-state index contributed by atoms with van der Waals surface area (Å²) in [5.74, 6) is -0.404. The second kappa shape index (κ2) is 8.68. The van der Waals surface area contributed by atoms with Crippen molar-refractivity contribution in [3.63, 3.8) is 0 Å². The van der Waals surface area contributed by atoms with Gasteiger partial charge in [-0.15, -0.1) is 11.8 Å². The number of carboxylic acid groups (broad SMARTS) is 1. The third-order valence-electron chi connectivity index (χ3n) is 4.73. The standard InChI is InChI=1S/C24H17N3O2S/c25-13-16-9-10-21(20-8-4-3-6-18(16)20)27-22-14-26-12-11-23(22)30-15-17-5-1-2-7-19(17)24(28)29/h1-12,14,27H,15H2,(H,28,29). The molecule has 6 heteroatoms. The molecule has 0 bridgehead atoms. The zero-order chi connectivity index (χ0) is 20.9. The quantitative estimate of drug-likeness (QED) is 0.388. The summed E-state index contributed by atoms with van der Waals surface area (Å²) in [4.78, 5) is 16.7. The smallest absolute Gasteiger partial charge is 0.335 e. The fourth-order valence-corrected chi connectivity index (χ4v) is 4.24. The first kappa shape index (κ1) is 19.5. The zero-order valence-electron chi connectivity index (χ0n) is 15.9. The number of hydrogen-bond acceptors (Lipinski definition) is 5. The molecule has 0 unspecified atom stereocenters. The molecule has 0 spiro atoms. The number of nitrogens with zero attached hydrogens (tertiary/aromatic N) is 2. The van der Waals surface area contributed by atoms with Crippen LogP contribution < -0.4 is 5.32 Å². The van der Waals surface area contributed by atoms with Crippen LogP contribution >= 0.6 is 11.8 Å². The Balaban J connectivity index is 1.64. The third-order valence-corrected chi connectivity index (χ3v) is 5.85. The highest BCUT2D eigenvalue weighted by atomic mass is 32.2. The van der Waals surface area contributed by atoms with Crippen molar-refractivity contribution in [2.24, 2.45) is 0 Å². The van der Waals surface area contributed by atoms with E-state index in [1.54, 1.807) is 42.4 Å². The van der Waals surface area contributed by atoms with Crippen LogP contribution in [0.25, 0.3) is 10.8 Å². The predicted octanol–water partition coefficient (Wildman–Crippen LogP) is 5.84. The summed E-state index contributed by atoms with van der Waals surface area (Å²) in [6.45, 7) is 0. The molecule has 0 radical (unpaired) electrons. The molecule has 3 aromatic carbocycles. The molecule has 4 aromatic rings. The van der Waals surface area contributed by atoms with E-state index in [-0.39, 0.29) is 0 Å². The minimum Gasteiger partial charge on any atom is -0.478 e. The molecular weight excluding hydrogens is 394 g/mol. The first-order valence-corrected chi connectivity index (χ1v) is 10.2. The van der Waals surface area contributed by atoms with E-state index in [4.69, 9.17) is 0 Å². The van der Waals surface area contributed by atoms with Gasteiger partial charge in [0.1, 0.15) is 0 Å². The number of fused-ring (bicyclic) bond motifs is 1. The largest absolute Gasteiger partial charge is 0.478 e. The van der Waals surface area contributed by atoms with Crippen LogP contribution in [-0.2, 0) is 5.75 Å². The molecule has 0 atom stereocenters.